The van der Waals surface area contributed by atoms with Crippen LogP contribution < -0.4 is 10.6 Å². The summed E-state index contributed by atoms with van der Waals surface area (Å²) in [4.78, 5) is 26.9. The van der Waals surface area contributed by atoms with Gasteiger partial charge in [0.2, 0.25) is 11.8 Å². The molecule has 0 bridgehead atoms. The van der Waals surface area contributed by atoms with Gasteiger partial charge in [0, 0.05) is 21.2 Å². The Morgan fingerprint density at radius 1 is 0.867 bits per heavy atom. The molecule has 1 atom stereocenters. The van der Waals surface area contributed by atoms with E-state index in [0.717, 1.165) is 26.5 Å². The number of nitrogens with one attached hydrogen (secondary N) is 2. The number of hydrogen-bond donors (Lipinski definition) is 2. The first-order valence-electron chi connectivity index (χ1n) is 9.76. The smallest absolute Gasteiger partial charge is 0.240 e. The fourth-order valence-corrected chi connectivity index (χ4v) is 4.77. The molecule has 0 aliphatic carbocycles. The average molecular weight is 437 g/mol. The zero-order valence-corrected chi connectivity index (χ0v) is 17.8. The fourth-order valence-electron chi connectivity index (χ4n) is 3.47. The van der Waals surface area contributed by atoms with Crippen LogP contribution in [0.1, 0.15) is 29.2 Å². The minimum atomic E-state index is -0.301. The van der Waals surface area contributed by atoms with Crippen LogP contribution in [0.5, 0.6) is 0 Å². The van der Waals surface area contributed by atoms with E-state index in [0.29, 0.717) is 17.9 Å². The highest BCUT2D eigenvalue weighted by molar-refractivity contribution is 7.99. The lowest BCUT2D eigenvalue weighted by Crippen LogP contribution is -2.39. The summed E-state index contributed by atoms with van der Waals surface area (Å²) >= 11 is 7.88. The molecule has 30 heavy (non-hydrogen) atoms. The Balaban J connectivity index is 1.39. The van der Waals surface area contributed by atoms with Crippen molar-refractivity contribution in [1.29, 1.82) is 0 Å². The minimum Gasteiger partial charge on any atom is -0.347 e. The van der Waals surface area contributed by atoms with Crippen molar-refractivity contribution in [3.8, 4) is 0 Å². The molecule has 4 rings (SSSR count). The van der Waals surface area contributed by atoms with Crippen LogP contribution in [0.2, 0.25) is 5.02 Å². The number of fused-ring (bicyclic) bond motifs is 2. The monoisotopic (exact) mass is 436 g/mol. The molecule has 1 heterocycles. The van der Waals surface area contributed by atoms with Crippen molar-refractivity contribution in [1.82, 2.24) is 10.6 Å². The van der Waals surface area contributed by atoms with E-state index < -0.39 is 0 Å². The van der Waals surface area contributed by atoms with E-state index in [4.69, 9.17) is 11.6 Å². The summed E-state index contributed by atoms with van der Waals surface area (Å²) in [5.41, 5.74) is 3.10. The van der Waals surface area contributed by atoms with Crippen molar-refractivity contribution in [2.24, 2.45) is 0 Å². The molecule has 2 N–H and O–H groups in total. The van der Waals surface area contributed by atoms with Gasteiger partial charge in [0.05, 0.1) is 12.6 Å². The van der Waals surface area contributed by atoms with Crippen LogP contribution in [-0.2, 0) is 16.0 Å². The van der Waals surface area contributed by atoms with Gasteiger partial charge in [-0.15, -0.1) is 0 Å². The lowest BCUT2D eigenvalue weighted by atomic mass is 9.97. The summed E-state index contributed by atoms with van der Waals surface area (Å²) in [6.07, 6.45) is 0.992. The number of benzene rings is 3. The van der Waals surface area contributed by atoms with E-state index in [2.05, 4.69) is 10.6 Å². The van der Waals surface area contributed by atoms with Crippen LogP contribution in [0, 0.1) is 0 Å². The van der Waals surface area contributed by atoms with Crippen LogP contribution >= 0.6 is 23.4 Å². The summed E-state index contributed by atoms with van der Waals surface area (Å²) in [7, 11) is 0. The minimum absolute atomic E-state index is 0.0602. The van der Waals surface area contributed by atoms with E-state index in [1.54, 1.807) is 11.8 Å². The van der Waals surface area contributed by atoms with E-state index in [-0.39, 0.29) is 24.4 Å². The summed E-state index contributed by atoms with van der Waals surface area (Å²) in [5.74, 6) is -0.377. The van der Waals surface area contributed by atoms with Crippen LogP contribution in [0.4, 0.5) is 0 Å². The van der Waals surface area contributed by atoms with E-state index in [9.17, 15) is 9.59 Å². The third-order valence-electron chi connectivity index (χ3n) is 4.97. The predicted molar refractivity (Wildman–Crippen MR) is 120 cm³/mol. The second-order valence-corrected chi connectivity index (χ2v) is 8.61. The van der Waals surface area contributed by atoms with Gasteiger partial charge in [-0.05, 0) is 47.4 Å². The number of amides is 2. The average Bonchev–Trinajstić information content (AvgIpc) is 2.77. The number of aryl methyl sites for hydroxylation is 1. The van der Waals surface area contributed by atoms with Gasteiger partial charge in [-0.25, -0.2) is 0 Å². The van der Waals surface area contributed by atoms with Gasteiger partial charge < -0.3 is 10.6 Å². The van der Waals surface area contributed by atoms with Gasteiger partial charge in [0.25, 0.3) is 0 Å². The normalized spacial score (nSPS) is 14.4. The van der Waals surface area contributed by atoms with Crippen molar-refractivity contribution in [2.45, 2.75) is 28.7 Å². The molecule has 3 aromatic carbocycles. The number of carbonyl (C=O) groups excluding carboxylic acids is 2. The highest BCUT2D eigenvalue weighted by Gasteiger charge is 2.27. The first-order valence-corrected chi connectivity index (χ1v) is 11.0. The van der Waals surface area contributed by atoms with Crippen LogP contribution in [0.25, 0.3) is 0 Å². The molecule has 0 spiro atoms. The largest absolute Gasteiger partial charge is 0.347 e. The van der Waals surface area contributed by atoms with Gasteiger partial charge >= 0.3 is 0 Å². The summed E-state index contributed by atoms with van der Waals surface area (Å²) in [5, 5.41) is 6.41. The summed E-state index contributed by atoms with van der Waals surface area (Å²) in [6.45, 7) is -0.0602. The quantitative estimate of drug-likeness (QED) is 0.585. The molecule has 0 saturated heterocycles. The SMILES string of the molecule is O=C(CCc1ccccc1)NCC(=O)NC1c2ccccc2Sc2ccc(Cl)cc21. The number of halogens is 1. The maximum atomic E-state index is 12.6. The Morgan fingerprint density at radius 2 is 1.60 bits per heavy atom. The third-order valence-corrected chi connectivity index (χ3v) is 6.39. The lowest BCUT2D eigenvalue weighted by molar-refractivity contribution is -0.126. The number of hydrogen-bond acceptors (Lipinski definition) is 3. The molecule has 6 heteroatoms. The van der Waals surface area contributed by atoms with E-state index in [1.807, 2.05) is 72.8 Å². The van der Waals surface area contributed by atoms with Crippen molar-refractivity contribution >= 4 is 35.2 Å². The maximum Gasteiger partial charge on any atom is 0.240 e. The first kappa shape index (κ1) is 20.5. The zero-order valence-electron chi connectivity index (χ0n) is 16.2. The highest BCUT2D eigenvalue weighted by atomic mass is 35.5. The molecule has 1 unspecified atom stereocenters. The Kier molecular flexibility index (Phi) is 6.41. The van der Waals surface area contributed by atoms with Crippen molar-refractivity contribution in [3.05, 3.63) is 94.5 Å². The fraction of sp³-hybridized carbons (Fsp3) is 0.167. The molecule has 0 fully saturated rings. The van der Waals surface area contributed by atoms with Crippen molar-refractivity contribution in [3.63, 3.8) is 0 Å². The molecular formula is C24H21ClN2O2S. The molecule has 152 valence electrons. The van der Waals surface area contributed by atoms with Crippen molar-refractivity contribution in [2.75, 3.05) is 6.54 Å². The molecule has 0 radical (unpaired) electrons. The molecule has 3 aromatic rings. The van der Waals surface area contributed by atoms with Gasteiger partial charge in [-0.3, -0.25) is 9.59 Å². The third kappa shape index (κ3) is 4.86. The summed E-state index contributed by atoms with van der Waals surface area (Å²) in [6, 6.07) is 23.2. The van der Waals surface area contributed by atoms with Gasteiger partial charge in [-0.1, -0.05) is 71.9 Å². The predicted octanol–water partition coefficient (Wildman–Crippen LogP) is 4.76. The summed E-state index contributed by atoms with van der Waals surface area (Å²) < 4.78 is 0. The Labute approximate surface area is 185 Å². The second kappa shape index (κ2) is 9.37. The molecule has 2 amide bonds. The molecule has 0 aromatic heterocycles. The maximum absolute atomic E-state index is 12.6. The zero-order chi connectivity index (χ0) is 20.9. The highest BCUT2D eigenvalue weighted by Crippen LogP contribution is 2.45. The standard InChI is InChI=1S/C24H21ClN2O2S/c25-17-11-12-21-19(14-17)24(18-8-4-5-9-20(18)30-21)27-23(29)15-26-22(28)13-10-16-6-2-1-3-7-16/h1-9,11-12,14,24H,10,13,15H2,(H,26,28)(H,27,29). The Morgan fingerprint density at radius 3 is 2.43 bits per heavy atom. The topological polar surface area (TPSA) is 58.2 Å². The van der Waals surface area contributed by atoms with Crippen LogP contribution in [0.3, 0.4) is 0 Å². The molecule has 1 aliphatic rings. The molecule has 4 nitrogen and oxygen atoms in total. The lowest BCUT2D eigenvalue weighted by Gasteiger charge is -2.28. The molecule has 0 saturated carbocycles. The first-order chi connectivity index (χ1) is 14.6. The molecule has 1 aliphatic heterocycles. The van der Waals surface area contributed by atoms with Crippen molar-refractivity contribution < 1.29 is 9.59 Å². The van der Waals surface area contributed by atoms with Crippen LogP contribution in [-0.4, -0.2) is 18.4 Å². The van der Waals surface area contributed by atoms with Gasteiger partial charge in [0.1, 0.15) is 0 Å². The number of carbonyl (C=O) groups is 2. The van der Waals surface area contributed by atoms with Crippen LogP contribution in [0.15, 0.2) is 82.6 Å². The van der Waals surface area contributed by atoms with Gasteiger partial charge in [0.15, 0.2) is 0 Å². The van der Waals surface area contributed by atoms with E-state index in [1.165, 1.54) is 0 Å². The Hall–Kier alpha value is -2.76. The molecular weight excluding hydrogens is 416 g/mol. The van der Waals surface area contributed by atoms with Gasteiger partial charge in [-0.2, -0.15) is 0 Å². The van der Waals surface area contributed by atoms with E-state index >= 15 is 0 Å². The number of rotatable bonds is 6. The Bertz CT molecular complexity index is 1070. The second-order valence-electron chi connectivity index (χ2n) is 7.08.